The van der Waals surface area contributed by atoms with Crippen LogP contribution in [-0.2, 0) is 16.1 Å². The quantitative estimate of drug-likeness (QED) is 0.334. The highest BCUT2D eigenvalue weighted by Crippen LogP contribution is 2.15. The maximum atomic E-state index is 11.5. The van der Waals surface area contributed by atoms with E-state index in [1.807, 2.05) is 5.32 Å². The highest BCUT2D eigenvalue weighted by molar-refractivity contribution is 5.80. The number of aliphatic carboxylic acids is 1. The summed E-state index contributed by atoms with van der Waals surface area (Å²) in [6.45, 7) is -0.809. The average molecular weight is 328 g/mol. The van der Waals surface area contributed by atoms with Crippen molar-refractivity contribution in [2.45, 2.75) is 18.9 Å². The molecule has 0 fully saturated rings. The number of aliphatic hydroxyl groups is 1. The number of rotatable bonds is 9. The van der Waals surface area contributed by atoms with Gasteiger partial charge in [0, 0.05) is 0 Å². The standard InChI is InChI=1S/C13H16N2O8/c16-8-11(12(17)18)14-13(19)23-10-5-1-3-9(7-10)4-2-6-22-15(20)21/h1,3,5,7,11,16H,2,4,6,8H2,(H,14,19)(H,17,18). The summed E-state index contributed by atoms with van der Waals surface area (Å²) >= 11 is 0. The Morgan fingerprint density at radius 3 is 2.74 bits per heavy atom. The smallest absolute Gasteiger partial charge is 0.413 e. The van der Waals surface area contributed by atoms with E-state index in [9.17, 15) is 19.7 Å². The van der Waals surface area contributed by atoms with Gasteiger partial charge in [-0.25, -0.2) is 9.59 Å². The molecule has 126 valence electrons. The molecule has 1 unspecified atom stereocenters. The lowest BCUT2D eigenvalue weighted by Crippen LogP contribution is -2.44. The van der Waals surface area contributed by atoms with Crippen LogP contribution in [0, 0.1) is 10.1 Å². The minimum atomic E-state index is -1.45. The third kappa shape index (κ3) is 7.09. The lowest BCUT2D eigenvalue weighted by molar-refractivity contribution is -0.757. The first kappa shape index (κ1) is 18.2. The fourth-order valence-electron chi connectivity index (χ4n) is 1.64. The van der Waals surface area contributed by atoms with E-state index >= 15 is 0 Å². The molecule has 0 aliphatic heterocycles. The van der Waals surface area contributed by atoms with Gasteiger partial charge >= 0.3 is 12.1 Å². The van der Waals surface area contributed by atoms with Crippen LogP contribution >= 0.6 is 0 Å². The molecule has 23 heavy (non-hydrogen) atoms. The summed E-state index contributed by atoms with van der Waals surface area (Å²) in [7, 11) is 0. The highest BCUT2D eigenvalue weighted by Gasteiger charge is 2.19. The van der Waals surface area contributed by atoms with Crippen LogP contribution < -0.4 is 10.1 Å². The van der Waals surface area contributed by atoms with Gasteiger partial charge in [0.2, 0.25) is 0 Å². The molecule has 0 aliphatic carbocycles. The number of aliphatic hydroxyl groups excluding tert-OH is 1. The van der Waals surface area contributed by atoms with Crippen molar-refractivity contribution in [3.05, 3.63) is 39.9 Å². The molecule has 0 heterocycles. The number of carboxylic acids is 1. The lowest BCUT2D eigenvalue weighted by atomic mass is 10.1. The van der Waals surface area contributed by atoms with Crippen molar-refractivity contribution in [1.82, 2.24) is 5.32 Å². The number of aryl methyl sites for hydroxylation is 1. The number of carbonyl (C=O) groups excluding carboxylic acids is 1. The van der Waals surface area contributed by atoms with Crippen LogP contribution in [0.3, 0.4) is 0 Å². The molecule has 1 aromatic rings. The molecule has 1 amide bonds. The summed E-state index contributed by atoms with van der Waals surface area (Å²) in [6, 6.07) is 4.94. The van der Waals surface area contributed by atoms with Gasteiger partial charge in [-0.1, -0.05) is 12.1 Å². The maximum absolute atomic E-state index is 11.5. The number of ether oxygens (including phenoxy) is 1. The Morgan fingerprint density at radius 1 is 1.39 bits per heavy atom. The van der Waals surface area contributed by atoms with E-state index in [1.54, 1.807) is 18.2 Å². The topological polar surface area (TPSA) is 148 Å². The maximum Gasteiger partial charge on any atom is 0.413 e. The third-order valence-corrected chi connectivity index (χ3v) is 2.69. The van der Waals surface area contributed by atoms with Crippen LogP contribution in [0.2, 0.25) is 0 Å². The SMILES string of the molecule is O=C(NC(CO)C(=O)O)Oc1cccc(CCCO[N+](=O)[O-])c1. The molecule has 0 spiro atoms. The first-order valence-corrected chi connectivity index (χ1v) is 6.60. The summed E-state index contributed by atoms with van der Waals surface area (Å²) in [5.74, 6) is -1.21. The summed E-state index contributed by atoms with van der Waals surface area (Å²) in [4.78, 5) is 36.4. The number of hydrogen-bond donors (Lipinski definition) is 3. The number of nitrogens with one attached hydrogen (secondary N) is 1. The van der Waals surface area contributed by atoms with Crippen molar-refractivity contribution >= 4 is 12.1 Å². The van der Waals surface area contributed by atoms with E-state index in [4.69, 9.17) is 14.9 Å². The van der Waals surface area contributed by atoms with Crippen LogP contribution in [-0.4, -0.2) is 46.6 Å². The molecule has 1 atom stereocenters. The number of carbonyl (C=O) groups is 2. The first-order chi connectivity index (χ1) is 10.9. The largest absolute Gasteiger partial charge is 0.480 e. The second kappa shape index (κ2) is 9.20. The normalized spacial score (nSPS) is 11.3. The van der Waals surface area contributed by atoms with Gasteiger partial charge in [0.25, 0.3) is 5.09 Å². The summed E-state index contributed by atoms with van der Waals surface area (Å²) < 4.78 is 4.92. The third-order valence-electron chi connectivity index (χ3n) is 2.69. The molecule has 1 rings (SSSR count). The summed E-state index contributed by atoms with van der Waals surface area (Å²) in [5, 5.41) is 28.6. The molecule has 0 saturated carbocycles. The van der Waals surface area contributed by atoms with Crippen LogP contribution in [0.15, 0.2) is 24.3 Å². The van der Waals surface area contributed by atoms with Crippen LogP contribution in [0.5, 0.6) is 5.75 Å². The predicted molar refractivity (Wildman–Crippen MR) is 75.4 cm³/mol. The molecule has 0 radical (unpaired) electrons. The Kier molecular flexibility index (Phi) is 7.27. The van der Waals surface area contributed by atoms with Crippen LogP contribution in [0.25, 0.3) is 0 Å². The zero-order valence-corrected chi connectivity index (χ0v) is 12.0. The second-order valence-corrected chi connectivity index (χ2v) is 4.42. The Balaban J connectivity index is 2.51. The molecule has 1 aromatic carbocycles. The number of amides is 1. The van der Waals surface area contributed by atoms with Crippen molar-refractivity contribution in [2.24, 2.45) is 0 Å². The fourth-order valence-corrected chi connectivity index (χ4v) is 1.64. The predicted octanol–water partition coefficient (Wildman–Crippen LogP) is 0.361. The van der Waals surface area contributed by atoms with E-state index in [-0.39, 0.29) is 12.4 Å². The van der Waals surface area contributed by atoms with Gasteiger partial charge in [-0.15, -0.1) is 10.1 Å². The van der Waals surface area contributed by atoms with Crippen molar-refractivity contribution in [3.8, 4) is 5.75 Å². The Hall–Kier alpha value is -2.88. The molecule has 10 nitrogen and oxygen atoms in total. The van der Waals surface area contributed by atoms with Crippen molar-refractivity contribution in [1.29, 1.82) is 0 Å². The number of carboxylic acid groups (broad SMARTS) is 1. The summed E-state index contributed by atoms with van der Waals surface area (Å²) in [5.41, 5.74) is 0.763. The molecule has 0 saturated heterocycles. The lowest BCUT2D eigenvalue weighted by Gasteiger charge is -2.12. The van der Waals surface area contributed by atoms with Gasteiger partial charge in [-0.2, -0.15) is 0 Å². The molecular weight excluding hydrogens is 312 g/mol. The van der Waals surface area contributed by atoms with Crippen molar-refractivity contribution < 1.29 is 34.5 Å². The molecule has 3 N–H and O–H groups in total. The van der Waals surface area contributed by atoms with Gasteiger partial charge in [-0.05, 0) is 30.5 Å². The number of nitrogens with zero attached hydrogens (tertiary/aromatic N) is 1. The minimum absolute atomic E-state index is 0.0463. The van der Waals surface area contributed by atoms with E-state index in [1.165, 1.54) is 6.07 Å². The minimum Gasteiger partial charge on any atom is -0.480 e. The zero-order valence-electron chi connectivity index (χ0n) is 12.0. The van der Waals surface area contributed by atoms with E-state index < -0.39 is 29.8 Å². The number of benzene rings is 1. The molecular formula is C13H16N2O8. The van der Waals surface area contributed by atoms with Gasteiger partial charge in [-0.3, -0.25) is 0 Å². The van der Waals surface area contributed by atoms with Gasteiger partial charge in [0.15, 0.2) is 6.04 Å². The van der Waals surface area contributed by atoms with Gasteiger partial charge in [0.1, 0.15) is 5.75 Å². The summed E-state index contributed by atoms with van der Waals surface area (Å²) in [6.07, 6.45) is -0.135. The van der Waals surface area contributed by atoms with Crippen molar-refractivity contribution in [3.63, 3.8) is 0 Å². The number of hydrogen-bond acceptors (Lipinski definition) is 7. The molecule has 0 aliphatic rings. The monoisotopic (exact) mass is 328 g/mol. The van der Waals surface area contributed by atoms with Crippen LogP contribution in [0.4, 0.5) is 4.79 Å². The Labute approximate surface area is 130 Å². The zero-order chi connectivity index (χ0) is 17.2. The average Bonchev–Trinajstić information content (AvgIpc) is 2.49. The Morgan fingerprint density at radius 2 is 2.13 bits per heavy atom. The van der Waals surface area contributed by atoms with Gasteiger partial charge < -0.3 is 25.1 Å². The first-order valence-electron chi connectivity index (χ1n) is 6.60. The Bertz CT molecular complexity index is 563. The van der Waals surface area contributed by atoms with Crippen molar-refractivity contribution in [2.75, 3.05) is 13.2 Å². The second-order valence-electron chi connectivity index (χ2n) is 4.42. The van der Waals surface area contributed by atoms with E-state index in [0.29, 0.717) is 12.8 Å². The molecule has 0 bridgehead atoms. The van der Waals surface area contributed by atoms with Crippen LogP contribution in [0.1, 0.15) is 12.0 Å². The van der Waals surface area contributed by atoms with E-state index in [0.717, 1.165) is 5.56 Å². The van der Waals surface area contributed by atoms with Gasteiger partial charge in [0.05, 0.1) is 13.2 Å². The highest BCUT2D eigenvalue weighted by atomic mass is 16.9. The molecule has 10 heteroatoms. The fraction of sp³-hybridized carbons (Fsp3) is 0.385. The molecule has 0 aromatic heterocycles. The van der Waals surface area contributed by atoms with E-state index in [2.05, 4.69) is 4.84 Å².